The molecule has 12 heavy (non-hydrogen) atoms. The number of alkyl halides is 1. The molecule has 2 atom stereocenters. The molecule has 0 fully saturated rings. The van der Waals surface area contributed by atoms with Crippen LogP contribution in [0, 0.1) is 0 Å². The van der Waals surface area contributed by atoms with Crippen LogP contribution >= 0.6 is 15.9 Å². The first-order valence-electron chi connectivity index (χ1n) is 3.12. The zero-order chi connectivity index (χ0) is 9.52. The highest BCUT2D eigenvalue weighted by molar-refractivity contribution is 9.10. The summed E-state index contributed by atoms with van der Waals surface area (Å²) in [6.07, 6.45) is -1.16. The summed E-state index contributed by atoms with van der Waals surface area (Å²) in [5, 5.41) is 27.1. The number of cyclic esters (lactones) is 1. The zero-order valence-corrected chi connectivity index (χ0v) is 7.70. The molecule has 1 rings (SSSR count). The number of rotatable bonds is 1. The molecule has 6 heteroatoms. The van der Waals surface area contributed by atoms with Gasteiger partial charge in [0.1, 0.15) is 6.10 Å². The van der Waals surface area contributed by atoms with E-state index in [1.54, 1.807) is 0 Å². The van der Waals surface area contributed by atoms with Crippen LogP contribution in [0.15, 0.2) is 11.5 Å². The van der Waals surface area contributed by atoms with E-state index in [1.165, 1.54) is 6.92 Å². The summed E-state index contributed by atoms with van der Waals surface area (Å²) in [6, 6.07) is 0. The molecule has 0 radical (unpaired) electrons. The van der Waals surface area contributed by atoms with Crippen molar-refractivity contribution in [2.24, 2.45) is 0 Å². The predicted molar refractivity (Wildman–Crippen MR) is 41.7 cm³/mol. The molecule has 0 aromatic rings. The molecule has 0 saturated carbocycles. The second-order valence-corrected chi connectivity index (χ2v) is 3.59. The van der Waals surface area contributed by atoms with Crippen LogP contribution in [-0.2, 0) is 9.53 Å². The number of esters is 1. The molecule has 1 aliphatic heterocycles. The van der Waals surface area contributed by atoms with Crippen molar-refractivity contribution in [1.29, 1.82) is 0 Å². The fourth-order valence-electron chi connectivity index (χ4n) is 0.773. The highest BCUT2D eigenvalue weighted by Gasteiger charge is 2.50. The number of carbonyl (C=O) groups is 1. The molecule has 0 amide bonds. The van der Waals surface area contributed by atoms with E-state index in [2.05, 4.69) is 20.7 Å². The Kier molecular flexibility index (Phi) is 2.05. The first kappa shape index (κ1) is 9.34. The lowest BCUT2D eigenvalue weighted by Gasteiger charge is -2.23. The van der Waals surface area contributed by atoms with Gasteiger partial charge in [-0.2, -0.15) is 0 Å². The Bertz CT molecular complexity index is 259. The van der Waals surface area contributed by atoms with Crippen LogP contribution in [-0.4, -0.2) is 31.9 Å². The minimum Gasteiger partial charge on any atom is -0.504 e. The van der Waals surface area contributed by atoms with Gasteiger partial charge < -0.3 is 20.1 Å². The summed E-state index contributed by atoms with van der Waals surface area (Å²) >= 11 is 2.80. The largest absolute Gasteiger partial charge is 0.504 e. The number of ether oxygens (including phenoxy) is 1. The van der Waals surface area contributed by atoms with E-state index in [9.17, 15) is 4.79 Å². The fourth-order valence-corrected chi connectivity index (χ4v) is 1.11. The summed E-state index contributed by atoms with van der Waals surface area (Å²) in [5.41, 5.74) is 0. The van der Waals surface area contributed by atoms with E-state index >= 15 is 0 Å². The number of hydrogen-bond donors (Lipinski definition) is 3. The standard InChI is InChI=1S/C6H7BrO5/c1-2(8)6(7)4(10)3(9)5(11)12-6/h2,8-10H,1H3/t2-,6+/m0/s1. The minimum absolute atomic E-state index is 0.706. The molecular weight excluding hydrogens is 232 g/mol. The van der Waals surface area contributed by atoms with Gasteiger partial charge in [0.15, 0.2) is 0 Å². The molecular formula is C6H7BrO5. The predicted octanol–water partition coefficient (Wildman–Crippen LogP) is 0.343. The SMILES string of the molecule is C[C@H](O)[C@@]1(Br)OC(=O)C(O)=C1O. The van der Waals surface area contributed by atoms with E-state index in [0.29, 0.717) is 0 Å². The minimum atomic E-state index is -1.70. The molecule has 1 heterocycles. The van der Waals surface area contributed by atoms with E-state index in [4.69, 9.17) is 15.3 Å². The Labute approximate surface area is 76.4 Å². The summed E-state index contributed by atoms with van der Waals surface area (Å²) in [7, 11) is 0. The number of hydrogen-bond acceptors (Lipinski definition) is 5. The van der Waals surface area contributed by atoms with Crippen LogP contribution in [0.25, 0.3) is 0 Å². The van der Waals surface area contributed by atoms with Gasteiger partial charge in [-0.25, -0.2) is 4.79 Å². The smallest absolute Gasteiger partial charge is 0.379 e. The van der Waals surface area contributed by atoms with Gasteiger partial charge in [-0.1, -0.05) is 0 Å². The third-order valence-corrected chi connectivity index (χ3v) is 2.72. The molecule has 0 saturated heterocycles. The highest BCUT2D eigenvalue weighted by atomic mass is 79.9. The normalized spacial score (nSPS) is 32.1. The van der Waals surface area contributed by atoms with Crippen LogP contribution in [0.2, 0.25) is 0 Å². The van der Waals surface area contributed by atoms with Crippen molar-refractivity contribution in [2.45, 2.75) is 17.5 Å². The van der Waals surface area contributed by atoms with Crippen molar-refractivity contribution in [1.82, 2.24) is 0 Å². The highest BCUT2D eigenvalue weighted by Crippen LogP contribution is 2.38. The second kappa shape index (κ2) is 2.63. The van der Waals surface area contributed by atoms with Crippen molar-refractivity contribution in [3.63, 3.8) is 0 Å². The van der Waals surface area contributed by atoms with Gasteiger partial charge in [-0.15, -0.1) is 0 Å². The average Bonchev–Trinajstić information content (AvgIpc) is 2.17. The molecule has 0 aromatic heterocycles. The Hall–Kier alpha value is -0.750. The average molecular weight is 239 g/mol. The van der Waals surface area contributed by atoms with Crippen LogP contribution < -0.4 is 0 Å². The molecule has 1 aliphatic rings. The number of aliphatic hydroxyl groups is 3. The number of carbonyl (C=O) groups excluding carboxylic acids is 1. The van der Waals surface area contributed by atoms with E-state index in [0.717, 1.165) is 0 Å². The maximum absolute atomic E-state index is 10.7. The first-order chi connectivity index (χ1) is 5.39. The summed E-state index contributed by atoms with van der Waals surface area (Å²) in [5.74, 6) is -2.65. The Balaban J connectivity index is 3.08. The fraction of sp³-hybridized carbons (Fsp3) is 0.500. The van der Waals surface area contributed by atoms with Crippen molar-refractivity contribution < 1.29 is 24.9 Å². The van der Waals surface area contributed by atoms with E-state index < -0.39 is 28.1 Å². The molecule has 0 bridgehead atoms. The van der Waals surface area contributed by atoms with Crippen molar-refractivity contribution in [3.05, 3.63) is 11.5 Å². The summed E-state index contributed by atoms with van der Waals surface area (Å²) in [4.78, 5) is 10.7. The number of halogens is 1. The van der Waals surface area contributed by atoms with Gasteiger partial charge in [-0.05, 0) is 22.9 Å². The summed E-state index contributed by atoms with van der Waals surface area (Å²) in [6.45, 7) is 1.30. The lowest BCUT2D eigenvalue weighted by atomic mass is 10.2. The Morgan fingerprint density at radius 3 is 2.25 bits per heavy atom. The van der Waals surface area contributed by atoms with Crippen LogP contribution in [0.1, 0.15) is 6.92 Å². The lowest BCUT2D eigenvalue weighted by molar-refractivity contribution is -0.148. The quantitative estimate of drug-likeness (QED) is 0.453. The zero-order valence-electron chi connectivity index (χ0n) is 6.11. The van der Waals surface area contributed by atoms with Crippen LogP contribution in [0.4, 0.5) is 0 Å². The van der Waals surface area contributed by atoms with Gasteiger partial charge in [0.25, 0.3) is 4.51 Å². The van der Waals surface area contributed by atoms with Gasteiger partial charge in [0.2, 0.25) is 11.5 Å². The van der Waals surface area contributed by atoms with Crippen LogP contribution in [0.5, 0.6) is 0 Å². The van der Waals surface area contributed by atoms with E-state index in [1.807, 2.05) is 0 Å². The second-order valence-electron chi connectivity index (χ2n) is 2.41. The molecule has 0 aromatic carbocycles. The molecule has 0 unspecified atom stereocenters. The maximum atomic E-state index is 10.7. The molecule has 3 N–H and O–H groups in total. The van der Waals surface area contributed by atoms with Crippen LogP contribution in [0.3, 0.4) is 0 Å². The van der Waals surface area contributed by atoms with Gasteiger partial charge in [0, 0.05) is 0 Å². The van der Waals surface area contributed by atoms with E-state index in [-0.39, 0.29) is 0 Å². The third-order valence-electron chi connectivity index (χ3n) is 1.52. The van der Waals surface area contributed by atoms with Crippen molar-refractivity contribution in [3.8, 4) is 0 Å². The summed E-state index contributed by atoms with van der Waals surface area (Å²) < 4.78 is 2.79. The molecule has 0 aliphatic carbocycles. The number of aliphatic hydroxyl groups excluding tert-OH is 3. The molecule has 68 valence electrons. The Morgan fingerprint density at radius 2 is 2.08 bits per heavy atom. The topological polar surface area (TPSA) is 87.0 Å². The van der Waals surface area contributed by atoms with Gasteiger partial charge >= 0.3 is 5.97 Å². The van der Waals surface area contributed by atoms with Crippen molar-refractivity contribution in [2.75, 3.05) is 0 Å². The monoisotopic (exact) mass is 238 g/mol. The first-order valence-corrected chi connectivity index (χ1v) is 3.92. The molecule has 0 spiro atoms. The third kappa shape index (κ3) is 1.07. The Morgan fingerprint density at radius 1 is 1.58 bits per heavy atom. The lowest BCUT2D eigenvalue weighted by Crippen LogP contribution is -2.36. The van der Waals surface area contributed by atoms with Gasteiger partial charge in [0.05, 0.1) is 0 Å². The van der Waals surface area contributed by atoms with Gasteiger partial charge in [-0.3, -0.25) is 0 Å². The van der Waals surface area contributed by atoms with Crippen molar-refractivity contribution >= 4 is 21.9 Å². The maximum Gasteiger partial charge on any atom is 0.379 e. The molecule has 5 nitrogen and oxygen atoms in total.